The van der Waals surface area contributed by atoms with Gasteiger partial charge in [-0.1, -0.05) is 12.1 Å². The zero-order valence-corrected chi connectivity index (χ0v) is 11.2. The highest BCUT2D eigenvalue weighted by atomic mass is 127. The molecule has 2 rings (SSSR count). The second-order valence-corrected chi connectivity index (χ2v) is 4.38. The summed E-state index contributed by atoms with van der Waals surface area (Å²) in [6, 6.07) is 9.17. The third kappa shape index (κ3) is 3.16. The molecule has 6 heteroatoms. The Labute approximate surface area is 116 Å². The molecule has 92 valence electrons. The molecule has 1 N–H and O–H groups in total. The van der Waals surface area contributed by atoms with E-state index >= 15 is 0 Å². The van der Waals surface area contributed by atoms with Crippen molar-refractivity contribution in [2.75, 3.05) is 0 Å². The molecule has 1 aromatic carbocycles. The Morgan fingerprint density at radius 2 is 2.11 bits per heavy atom. The van der Waals surface area contributed by atoms with Gasteiger partial charge in [0.05, 0.1) is 11.8 Å². The fourth-order valence-corrected chi connectivity index (χ4v) is 1.69. The van der Waals surface area contributed by atoms with Crippen LogP contribution >= 0.6 is 22.6 Å². The molecule has 4 nitrogen and oxygen atoms in total. The first-order valence-electron chi connectivity index (χ1n) is 5.00. The van der Waals surface area contributed by atoms with E-state index < -0.39 is 11.7 Å². The summed E-state index contributed by atoms with van der Waals surface area (Å²) >= 11 is 2.01. The lowest BCUT2D eigenvalue weighted by atomic mass is 10.2. The summed E-state index contributed by atoms with van der Waals surface area (Å²) in [7, 11) is 0. The molecule has 0 aliphatic rings. The number of halogens is 2. The first kappa shape index (κ1) is 12.7. The monoisotopic (exact) mass is 358 g/mol. The lowest BCUT2D eigenvalue weighted by Gasteiger charge is -1.99. The topological polar surface area (TPSA) is 54.6 Å². The average molecular weight is 358 g/mol. The molecule has 18 heavy (non-hydrogen) atoms. The molecule has 2 aromatic rings. The summed E-state index contributed by atoms with van der Waals surface area (Å²) in [5.41, 5.74) is 2.17. The van der Waals surface area contributed by atoms with Gasteiger partial charge in [-0.15, -0.1) is 0 Å². The van der Waals surface area contributed by atoms with Crippen molar-refractivity contribution in [3.8, 4) is 0 Å². The molecule has 0 aliphatic carbocycles. The minimum Gasteiger partial charge on any atom is -0.449 e. The molecule has 0 aliphatic heterocycles. The molecular weight excluding hydrogens is 350 g/mol. The van der Waals surface area contributed by atoms with Gasteiger partial charge in [0.25, 0.3) is 5.91 Å². The Bertz CT molecular complexity index is 595. The number of rotatable bonds is 3. The Kier molecular flexibility index (Phi) is 4.08. The second-order valence-electron chi connectivity index (χ2n) is 3.32. The van der Waals surface area contributed by atoms with E-state index in [2.05, 4.69) is 10.5 Å². The van der Waals surface area contributed by atoms with Crippen molar-refractivity contribution in [1.29, 1.82) is 0 Å². The normalized spacial score (nSPS) is 10.8. The van der Waals surface area contributed by atoms with Gasteiger partial charge < -0.3 is 4.42 Å². The molecule has 0 unspecified atom stereocenters. The molecule has 0 spiro atoms. The van der Waals surface area contributed by atoms with Gasteiger partial charge in [0, 0.05) is 0 Å². The molecule has 0 radical (unpaired) electrons. The van der Waals surface area contributed by atoms with Crippen molar-refractivity contribution in [3.05, 3.63) is 57.3 Å². The van der Waals surface area contributed by atoms with Crippen molar-refractivity contribution in [2.24, 2.45) is 5.10 Å². The van der Waals surface area contributed by atoms with Crippen molar-refractivity contribution in [1.82, 2.24) is 5.43 Å². The van der Waals surface area contributed by atoms with Crippen LogP contribution < -0.4 is 5.43 Å². The van der Waals surface area contributed by atoms with Crippen LogP contribution in [0.25, 0.3) is 0 Å². The van der Waals surface area contributed by atoms with Gasteiger partial charge in [0.15, 0.2) is 3.77 Å². The minimum absolute atomic E-state index is 0.0522. The van der Waals surface area contributed by atoms with Crippen LogP contribution in [0.3, 0.4) is 0 Å². The van der Waals surface area contributed by atoms with Crippen LogP contribution in [0, 0.1) is 9.58 Å². The highest BCUT2D eigenvalue weighted by molar-refractivity contribution is 14.1. The van der Waals surface area contributed by atoms with Crippen molar-refractivity contribution < 1.29 is 13.6 Å². The Morgan fingerprint density at radius 1 is 1.33 bits per heavy atom. The first-order valence-corrected chi connectivity index (χ1v) is 6.08. The summed E-state index contributed by atoms with van der Waals surface area (Å²) < 4.78 is 19.2. The van der Waals surface area contributed by atoms with Gasteiger partial charge in [-0.25, -0.2) is 9.82 Å². The van der Waals surface area contributed by atoms with E-state index in [4.69, 9.17) is 4.42 Å². The Hall–Kier alpha value is -1.70. The van der Waals surface area contributed by atoms with Crippen LogP contribution in [0.2, 0.25) is 0 Å². The lowest BCUT2D eigenvalue weighted by Crippen LogP contribution is -2.18. The van der Waals surface area contributed by atoms with Crippen LogP contribution in [0.1, 0.15) is 16.1 Å². The van der Waals surface area contributed by atoms with E-state index in [-0.39, 0.29) is 5.56 Å². The van der Waals surface area contributed by atoms with Crippen molar-refractivity contribution >= 4 is 34.7 Å². The number of hydrazone groups is 1. The number of furan rings is 1. The molecule has 1 aromatic heterocycles. The van der Waals surface area contributed by atoms with Crippen molar-refractivity contribution in [2.45, 2.75) is 0 Å². The summed E-state index contributed by atoms with van der Waals surface area (Å²) in [5, 5.41) is 3.68. The fraction of sp³-hybridized carbons (Fsp3) is 0. The van der Waals surface area contributed by atoms with Gasteiger partial charge in [-0.05, 0) is 46.9 Å². The summed E-state index contributed by atoms with van der Waals surface area (Å²) in [5.74, 6) is -0.684. The number of nitrogens with one attached hydrogen (secondary N) is 1. The fourth-order valence-electron chi connectivity index (χ4n) is 1.26. The van der Waals surface area contributed by atoms with Crippen LogP contribution in [0.15, 0.2) is 45.9 Å². The number of carbonyl (C=O) groups is 1. The van der Waals surface area contributed by atoms with E-state index in [1.807, 2.05) is 22.6 Å². The molecule has 0 saturated heterocycles. The summed E-state index contributed by atoms with van der Waals surface area (Å²) in [6.45, 7) is 0. The van der Waals surface area contributed by atoms with E-state index in [0.717, 1.165) is 3.77 Å². The lowest BCUT2D eigenvalue weighted by molar-refractivity contribution is 0.0951. The number of benzene rings is 1. The standard InChI is InChI=1S/C12H8FIN2O2/c13-10-4-2-1-3-9(10)12(17)16-15-7-8-5-6-11(14)18-8/h1-7H,(H,16,17)/b15-7+. The van der Waals surface area contributed by atoms with Gasteiger partial charge in [-0.2, -0.15) is 5.10 Å². The summed E-state index contributed by atoms with van der Waals surface area (Å²) in [6.07, 6.45) is 1.35. The predicted molar refractivity (Wildman–Crippen MR) is 72.9 cm³/mol. The highest BCUT2D eigenvalue weighted by Crippen LogP contribution is 2.08. The smallest absolute Gasteiger partial charge is 0.274 e. The van der Waals surface area contributed by atoms with E-state index in [9.17, 15) is 9.18 Å². The molecule has 0 fully saturated rings. The highest BCUT2D eigenvalue weighted by Gasteiger charge is 2.09. The molecule has 1 amide bonds. The number of nitrogens with zero attached hydrogens (tertiary/aromatic N) is 1. The van der Waals surface area contributed by atoms with Crippen LogP contribution in [-0.2, 0) is 0 Å². The number of amides is 1. The SMILES string of the molecule is O=C(N/N=C/c1ccc(I)o1)c1ccccc1F. The predicted octanol–water partition coefficient (Wildman–Crippen LogP) is 2.79. The van der Waals surface area contributed by atoms with E-state index in [1.54, 1.807) is 18.2 Å². The van der Waals surface area contributed by atoms with E-state index in [0.29, 0.717) is 5.76 Å². The van der Waals surface area contributed by atoms with Gasteiger partial charge in [0.1, 0.15) is 11.6 Å². The number of carbonyl (C=O) groups excluding carboxylic acids is 1. The summed E-state index contributed by atoms with van der Waals surface area (Å²) in [4.78, 5) is 11.6. The molecular formula is C12H8FIN2O2. The number of hydrogen-bond donors (Lipinski definition) is 1. The first-order chi connectivity index (χ1) is 8.66. The van der Waals surface area contributed by atoms with Crippen molar-refractivity contribution in [3.63, 3.8) is 0 Å². The van der Waals surface area contributed by atoms with Gasteiger partial charge >= 0.3 is 0 Å². The number of hydrogen-bond acceptors (Lipinski definition) is 3. The minimum atomic E-state index is -0.606. The van der Waals surface area contributed by atoms with Crippen LogP contribution in [0.4, 0.5) is 4.39 Å². The van der Waals surface area contributed by atoms with E-state index in [1.165, 1.54) is 24.4 Å². The second kappa shape index (κ2) is 5.76. The molecule has 1 heterocycles. The maximum Gasteiger partial charge on any atom is 0.274 e. The molecule has 0 atom stereocenters. The molecule has 0 bridgehead atoms. The third-order valence-corrected chi connectivity index (χ3v) is 2.65. The Balaban J connectivity index is 2.01. The average Bonchev–Trinajstić information content (AvgIpc) is 2.75. The zero-order valence-electron chi connectivity index (χ0n) is 9.06. The van der Waals surface area contributed by atoms with Crippen LogP contribution in [-0.4, -0.2) is 12.1 Å². The largest absolute Gasteiger partial charge is 0.449 e. The van der Waals surface area contributed by atoms with Crippen LogP contribution in [0.5, 0.6) is 0 Å². The Morgan fingerprint density at radius 3 is 2.78 bits per heavy atom. The van der Waals surface area contributed by atoms with Gasteiger partial charge in [0.2, 0.25) is 0 Å². The van der Waals surface area contributed by atoms with Gasteiger partial charge in [-0.3, -0.25) is 4.79 Å². The quantitative estimate of drug-likeness (QED) is 0.521. The maximum atomic E-state index is 13.3. The third-order valence-electron chi connectivity index (χ3n) is 2.07. The maximum absolute atomic E-state index is 13.3. The molecule has 0 saturated carbocycles. The zero-order chi connectivity index (χ0) is 13.0.